The maximum absolute atomic E-state index is 8.75. The van der Waals surface area contributed by atoms with E-state index in [9.17, 15) is 0 Å². The number of rotatable bonds is 2. The third kappa shape index (κ3) is 2.71. The zero-order valence-electron chi connectivity index (χ0n) is 6.58. The van der Waals surface area contributed by atoms with E-state index in [2.05, 4.69) is 15.9 Å². The number of aryl methyl sites for hydroxylation is 1. The van der Waals surface area contributed by atoms with Gasteiger partial charge in [-0.05, 0) is 34.5 Å². The largest absolute Gasteiger partial charge is 0.394 e. The Morgan fingerprint density at radius 1 is 1.75 bits per heavy atom. The van der Waals surface area contributed by atoms with E-state index in [1.807, 2.05) is 13.0 Å². The van der Waals surface area contributed by atoms with Gasteiger partial charge in [-0.15, -0.1) is 23.7 Å². The lowest BCUT2D eigenvalue weighted by molar-refractivity contribution is 0.269. The lowest BCUT2D eigenvalue weighted by Gasteiger charge is -2.02. The molecule has 0 aliphatic heterocycles. The topological polar surface area (TPSA) is 46.2 Å². The number of thiophene rings is 1. The first-order valence-corrected chi connectivity index (χ1v) is 4.88. The van der Waals surface area contributed by atoms with Crippen LogP contribution in [0.5, 0.6) is 0 Å². The summed E-state index contributed by atoms with van der Waals surface area (Å²) in [5.41, 5.74) is 6.79. The normalized spacial score (nSPS) is 12.3. The third-order valence-electron chi connectivity index (χ3n) is 1.44. The van der Waals surface area contributed by atoms with E-state index in [1.165, 1.54) is 5.56 Å². The molecule has 0 aromatic carbocycles. The summed E-state index contributed by atoms with van der Waals surface area (Å²) >= 11 is 4.97. The summed E-state index contributed by atoms with van der Waals surface area (Å²) in [6.45, 7) is 2.01. The van der Waals surface area contributed by atoms with Gasteiger partial charge in [0.05, 0.1) is 16.4 Å². The molecule has 1 aromatic rings. The maximum Gasteiger partial charge on any atom is 0.0731 e. The molecule has 0 radical (unpaired) electrons. The van der Waals surface area contributed by atoms with Crippen molar-refractivity contribution in [2.24, 2.45) is 5.73 Å². The van der Waals surface area contributed by atoms with Gasteiger partial charge in [-0.25, -0.2) is 0 Å². The van der Waals surface area contributed by atoms with Gasteiger partial charge in [-0.1, -0.05) is 0 Å². The standard InChI is InChI=1S/C7H10BrNOS.ClH/c1-4-2-6(5(9)3-10)11-7(4)8;/h2,5,10H,3,9H2,1H3;1H/t5-;/m0./s1. The fourth-order valence-corrected chi connectivity index (χ4v) is 2.32. The third-order valence-corrected chi connectivity index (χ3v) is 3.71. The maximum atomic E-state index is 8.75. The van der Waals surface area contributed by atoms with E-state index < -0.39 is 0 Å². The summed E-state index contributed by atoms with van der Waals surface area (Å²) in [7, 11) is 0. The van der Waals surface area contributed by atoms with Gasteiger partial charge in [-0.2, -0.15) is 0 Å². The lowest BCUT2D eigenvalue weighted by atomic mass is 10.2. The summed E-state index contributed by atoms with van der Waals surface area (Å²) in [5.74, 6) is 0. The van der Waals surface area contributed by atoms with Crippen LogP contribution in [-0.2, 0) is 0 Å². The highest BCUT2D eigenvalue weighted by molar-refractivity contribution is 9.11. The number of hydrogen-bond acceptors (Lipinski definition) is 3. The molecule has 1 atom stereocenters. The van der Waals surface area contributed by atoms with E-state index in [-0.39, 0.29) is 25.1 Å². The highest BCUT2D eigenvalue weighted by atomic mass is 79.9. The summed E-state index contributed by atoms with van der Waals surface area (Å²) < 4.78 is 1.09. The summed E-state index contributed by atoms with van der Waals surface area (Å²) in [6.07, 6.45) is 0. The first-order chi connectivity index (χ1) is 5.15. The molecule has 0 saturated heterocycles. The molecule has 0 aliphatic carbocycles. The van der Waals surface area contributed by atoms with Crippen molar-refractivity contribution in [3.8, 4) is 0 Å². The van der Waals surface area contributed by atoms with Crippen molar-refractivity contribution in [1.29, 1.82) is 0 Å². The minimum absolute atomic E-state index is 0. The molecular formula is C7H11BrClNOS. The van der Waals surface area contributed by atoms with Gasteiger partial charge in [-0.3, -0.25) is 0 Å². The number of aliphatic hydroxyl groups excluding tert-OH is 1. The Morgan fingerprint density at radius 2 is 2.33 bits per heavy atom. The first-order valence-electron chi connectivity index (χ1n) is 3.27. The Labute approximate surface area is 90.3 Å². The van der Waals surface area contributed by atoms with E-state index in [0.29, 0.717) is 0 Å². The quantitative estimate of drug-likeness (QED) is 0.867. The van der Waals surface area contributed by atoms with Crippen LogP contribution in [0, 0.1) is 6.92 Å². The van der Waals surface area contributed by atoms with Gasteiger partial charge in [0.15, 0.2) is 0 Å². The molecule has 70 valence electrons. The van der Waals surface area contributed by atoms with Crippen molar-refractivity contribution in [3.05, 3.63) is 20.3 Å². The van der Waals surface area contributed by atoms with Crippen molar-refractivity contribution in [2.75, 3.05) is 6.61 Å². The van der Waals surface area contributed by atoms with Crippen molar-refractivity contribution in [1.82, 2.24) is 0 Å². The molecular weight excluding hydrogens is 262 g/mol. The number of hydrogen-bond donors (Lipinski definition) is 2. The number of nitrogens with two attached hydrogens (primary N) is 1. The van der Waals surface area contributed by atoms with Gasteiger partial charge in [0.25, 0.3) is 0 Å². The van der Waals surface area contributed by atoms with E-state index in [4.69, 9.17) is 10.8 Å². The minimum Gasteiger partial charge on any atom is -0.394 e. The molecule has 1 aromatic heterocycles. The highest BCUT2D eigenvalue weighted by Gasteiger charge is 2.08. The summed E-state index contributed by atoms with van der Waals surface area (Å²) in [5, 5.41) is 8.75. The van der Waals surface area contributed by atoms with Gasteiger partial charge >= 0.3 is 0 Å². The van der Waals surface area contributed by atoms with Crippen LogP contribution in [-0.4, -0.2) is 11.7 Å². The molecule has 1 rings (SSSR count). The van der Waals surface area contributed by atoms with Crippen LogP contribution in [0.25, 0.3) is 0 Å². The molecule has 0 amide bonds. The van der Waals surface area contributed by atoms with Crippen LogP contribution in [0.3, 0.4) is 0 Å². The zero-order valence-corrected chi connectivity index (χ0v) is 9.80. The average molecular weight is 273 g/mol. The van der Waals surface area contributed by atoms with E-state index >= 15 is 0 Å². The van der Waals surface area contributed by atoms with Crippen LogP contribution >= 0.6 is 39.7 Å². The SMILES string of the molecule is Cc1cc([C@@H](N)CO)sc1Br.Cl. The first kappa shape index (κ1) is 12.4. The molecule has 0 saturated carbocycles. The molecule has 5 heteroatoms. The highest BCUT2D eigenvalue weighted by Crippen LogP contribution is 2.30. The molecule has 12 heavy (non-hydrogen) atoms. The van der Waals surface area contributed by atoms with Crippen molar-refractivity contribution in [2.45, 2.75) is 13.0 Å². The Hall–Kier alpha value is 0.390. The Bertz CT molecular complexity index is 234. The predicted octanol–water partition coefficient (Wildman–Crippen LogP) is 2.23. The molecule has 0 spiro atoms. The fourth-order valence-electron chi connectivity index (χ4n) is 0.756. The summed E-state index contributed by atoms with van der Waals surface area (Å²) in [4.78, 5) is 1.02. The monoisotopic (exact) mass is 271 g/mol. The van der Waals surface area contributed by atoms with Crippen molar-refractivity contribution in [3.63, 3.8) is 0 Å². The van der Waals surface area contributed by atoms with Crippen LogP contribution in [0.1, 0.15) is 16.5 Å². The Balaban J connectivity index is 0.00000121. The fraction of sp³-hybridized carbons (Fsp3) is 0.429. The predicted molar refractivity (Wildman–Crippen MR) is 58.0 cm³/mol. The molecule has 0 fully saturated rings. The lowest BCUT2D eigenvalue weighted by Crippen LogP contribution is -2.12. The Kier molecular flexibility index (Phi) is 5.36. The molecule has 2 nitrogen and oxygen atoms in total. The second-order valence-corrected chi connectivity index (χ2v) is 4.80. The molecule has 3 N–H and O–H groups in total. The molecule has 1 heterocycles. The van der Waals surface area contributed by atoms with Gasteiger partial charge in [0.1, 0.15) is 0 Å². The molecule has 0 unspecified atom stereocenters. The number of halogens is 2. The zero-order chi connectivity index (χ0) is 8.43. The van der Waals surface area contributed by atoms with E-state index in [0.717, 1.165) is 8.66 Å². The second-order valence-electron chi connectivity index (χ2n) is 2.39. The Morgan fingerprint density at radius 3 is 2.67 bits per heavy atom. The molecule has 0 aliphatic rings. The second kappa shape index (κ2) is 5.19. The average Bonchev–Trinajstić information content (AvgIpc) is 2.31. The van der Waals surface area contributed by atoms with Gasteiger partial charge < -0.3 is 10.8 Å². The van der Waals surface area contributed by atoms with Crippen LogP contribution in [0.4, 0.5) is 0 Å². The summed E-state index contributed by atoms with van der Waals surface area (Å²) in [6, 6.07) is 1.76. The number of aliphatic hydroxyl groups is 1. The van der Waals surface area contributed by atoms with Crippen molar-refractivity contribution < 1.29 is 5.11 Å². The van der Waals surface area contributed by atoms with E-state index in [1.54, 1.807) is 11.3 Å². The van der Waals surface area contributed by atoms with Crippen LogP contribution in [0.15, 0.2) is 9.85 Å². The van der Waals surface area contributed by atoms with Crippen LogP contribution < -0.4 is 5.73 Å². The smallest absolute Gasteiger partial charge is 0.0731 e. The van der Waals surface area contributed by atoms with Crippen molar-refractivity contribution >= 4 is 39.7 Å². The molecule has 0 bridgehead atoms. The van der Waals surface area contributed by atoms with Gasteiger partial charge in [0.2, 0.25) is 0 Å². The van der Waals surface area contributed by atoms with Gasteiger partial charge in [0, 0.05) is 4.88 Å². The van der Waals surface area contributed by atoms with Crippen LogP contribution in [0.2, 0.25) is 0 Å². The minimum atomic E-state index is -0.231.